The number of rotatable bonds is 7. The minimum Gasteiger partial charge on any atom is -0.461 e. The Balaban J connectivity index is 2.56. The van der Waals surface area contributed by atoms with E-state index in [4.69, 9.17) is 21.1 Å². The zero-order valence-corrected chi connectivity index (χ0v) is 11.0. The van der Waals surface area contributed by atoms with Crippen molar-refractivity contribution in [3.63, 3.8) is 0 Å². The summed E-state index contributed by atoms with van der Waals surface area (Å²) in [6, 6.07) is 0.231. The SMILES string of the molecule is COCCCNc1nc(Cl)nc(OC(C)C)n1. The van der Waals surface area contributed by atoms with E-state index in [2.05, 4.69) is 20.3 Å². The summed E-state index contributed by atoms with van der Waals surface area (Å²) in [4.78, 5) is 11.9. The van der Waals surface area contributed by atoms with Gasteiger partial charge in [-0.3, -0.25) is 0 Å². The molecule has 0 spiro atoms. The monoisotopic (exact) mass is 260 g/mol. The van der Waals surface area contributed by atoms with Crippen LogP contribution < -0.4 is 10.1 Å². The second-order valence-electron chi connectivity index (χ2n) is 3.65. The van der Waals surface area contributed by atoms with Crippen molar-refractivity contribution in [2.75, 3.05) is 25.6 Å². The first-order valence-electron chi connectivity index (χ1n) is 5.43. The molecular weight excluding hydrogens is 244 g/mol. The summed E-state index contributed by atoms with van der Waals surface area (Å²) in [6.45, 7) is 5.17. The zero-order chi connectivity index (χ0) is 12.7. The van der Waals surface area contributed by atoms with Crippen molar-refractivity contribution in [2.45, 2.75) is 26.4 Å². The van der Waals surface area contributed by atoms with Gasteiger partial charge in [0.05, 0.1) is 6.10 Å². The standard InChI is InChI=1S/C10H17ClN4O2/c1-7(2)17-10-14-8(11)13-9(15-10)12-5-4-6-16-3/h7H,4-6H2,1-3H3,(H,12,13,14,15). The van der Waals surface area contributed by atoms with Gasteiger partial charge in [0, 0.05) is 20.3 Å². The first-order chi connectivity index (χ1) is 8.11. The van der Waals surface area contributed by atoms with E-state index >= 15 is 0 Å². The third-order valence-electron chi connectivity index (χ3n) is 1.74. The quantitative estimate of drug-likeness (QED) is 0.754. The van der Waals surface area contributed by atoms with Gasteiger partial charge in [-0.05, 0) is 31.9 Å². The largest absolute Gasteiger partial charge is 0.461 e. The molecule has 1 rings (SSSR count). The molecule has 6 nitrogen and oxygen atoms in total. The molecule has 96 valence electrons. The van der Waals surface area contributed by atoms with Crippen molar-refractivity contribution in [2.24, 2.45) is 0 Å². The van der Waals surface area contributed by atoms with Crippen molar-refractivity contribution < 1.29 is 9.47 Å². The molecular formula is C10H17ClN4O2. The molecule has 0 fully saturated rings. The molecule has 0 aromatic carbocycles. The predicted octanol–water partition coefficient (Wildman–Crippen LogP) is 1.76. The second kappa shape index (κ2) is 7.24. The number of anilines is 1. The fourth-order valence-corrected chi connectivity index (χ4v) is 1.24. The molecule has 0 aliphatic rings. The molecule has 0 radical (unpaired) electrons. The van der Waals surface area contributed by atoms with Crippen LogP contribution in [0.2, 0.25) is 5.28 Å². The Kier molecular flexibility index (Phi) is 5.93. The van der Waals surface area contributed by atoms with Crippen molar-refractivity contribution in [3.05, 3.63) is 5.28 Å². The third kappa shape index (κ3) is 5.65. The highest BCUT2D eigenvalue weighted by atomic mass is 35.5. The Hall–Kier alpha value is -1.14. The number of aromatic nitrogens is 3. The van der Waals surface area contributed by atoms with E-state index < -0.39 is 0 Å². The summed E-state index contributed by atoms with van der Waals surface area (Å²) in [5, 5.41) is 3.14. The lowest BCUT2D eigenvalue weighted by molar-refractivity contribution is 0.197. The highest BCUT2D eigenvalue weighted by Gasteiger charge is 2.07. The summed E-state index contributed by atoms with van der Waals surface area (Å²) in [5.41, 5.74) is 0. The van der Waals surface area contributed by atoms with E-state index in [0.29, 0.717) is 19.1 Å². The number of nitrogens with one attached hydrogen (secondary N) is 1. The number of halogens is 1. The molecule has 0 unspecified atom stereocenters. The predicted molar refractivity (Wildman–Crippen MR) is 65.6 cm³/mol. The van der Waals surface area contributed by atoms with Crippen LogP contribution in [0.3, 0.4) is 0 Å². The number of hydrogen-bond acceptors (Lipinski definition) is 6. The van der Waals surface area contributed by atoms with Crippen LogP contribution in [0, 0.1) is 0 Å². The number of ether oxygens (including phenoxy) is 2. The Morgan fingerprint density at radius 1 is 1.29 bits per heavy atom. The molecule has 7 heteroatoms. The molecule has 1 aromatic rings. The van der Waals surface area contributed by atoms with E-state index in [-0.39, 0.29) is 17.4 Å². The molecule has 0 amide bonds. The summed E-state index contributed by atoms with van der Waals surface area (Å²) in [6.07, 6.45) is 0.856. The molecule has 0 bridgehead atoms. The van der Waals surface area contributed by atoms with Crippen molar-refractivity contribution in [3.8, 4) is 6.01 Å². The van der Waals surface area contributed by atoms with Gasteiger partial charge in [-0.1, -0.05) is 0 Å². The maximum atomic E-state index is 5.77. The van der Waals surface area contributed by atoms with Gasteiger partial charge in [0.2, 0.25) is 11.2 Å². The van der Waals surface area contributed by atoms with E-state index in [0.717, 1.165) is 6.42 Å². The van der Waals surface area contributed by atoms with Crippen LogP contribution in [0.1, 0.15) is 20.3 Å². The summed E-state index contributed by atoms with van der Waals surface area (Å²) in [7, 11) is 1.66. The van der Waals surface area contributed by atoms with Gasteiger partial charge in [-0.25, -0.2) is 0 Å². The number of methoxy groups -OCH3 is 1. The van der Waals surface area contributed by atoms with Crippen LogP contribution in [0.4, 0.5) is 5.95 Å². The van der Waals surface area contributed by atoms with Gasteiger partial charge in [0.1, 0.15) is 0 Å². The summed E-state index contributed by atoms with van der Waals surface area (Å²) >= 11 is 5.77. The average molecular weight is 261 g/mol. The number of hydrogen-bond donors (Lipinski definition) is 1. The fraction of sp³-hybridized carbons (Fsp3) is 0.700. The second-order valence-corrected chi connectivity index (χ2v) is 3.99. The lowest BCUT2D eigenvalue weighted by Crippen LogP contribution is -2.12. The Bertz CT molecular complexity index is 349. The van der Waals surface area contributed by atoms with E-state index in [1.54, 1.807) is 7.11 Å². The van der Waals surface area contributed by atoms with E-state index in [1.165, 1.54) is 0 Å². The van der Waals surface area contributed by atoms with Gasteiger partial charge < -0.3 is 14.8 Å². The lowest BCUT2D eigenvalue weighted by atomic mass is 10.4. The minimum atomic E-state index is -0.00481. The van der Waals surface area contributed by atoms with Crippen LogP contribution in [-0.4, -0.2) is 41.3 Å². The minimum absolute atomic E-state index is 0.00481. The van der Waals surface area contributed by atoms with E-state index in [9.17, 15) is 0 Å². The summed E-state index contributed by atoms with van der Waals surface area (Å²) < 4.78 is 10.3. The smallest absolute Gasteiger partial charge is 0.322 e. The van der Waals surface area contributed by atoms with Gasteiger partial charge in [-0.2, -0.15) is 15.0 Å². The van der Waals surface area contributed by atoms with Gasteiger partial charge in [0.15, 0.2) is 0 Å². The molecule has 1 aromatic heterocycles. The highest BCUT2D eigenvalue weighted by molar-refractivity contribution is 6.28. The van der Waals surface area contributed by atoms with E-state index in [1.807, 2.05) is 13.8 Å². The van der Waals surface area contributed by atoms with Crippen LogP contribution in [0.5, 0.6) is 6.01 Å². The highest BCUT2D eigenvalue weighted by Crippen LogP contribution is 2.12. The topological polar surface area (TPSA) is 69.2 Å². The van der Waals surface area contributed by atoms with Crippen LogP contribution in [0.25, 0.3) is 0 Å². The lowest BCUT2D eigenvalue weighted by Gasteiger charge is -2.09. The molecule has 1 N–H and O–H groups in total. The van der Waals surface area contributed by atoms with Gasteiger partial charge in [-0.15, -0.1) is 0 Å². The first-order valence-corrected chi connectivity index (χ1v) is 5.80. The molecule has 0 aliphatic heterocycles. The maximum Gasteiger partial charge on any atom is 0.322 e. The molecule has 0 atom stereocenters. The fourth-order valence-electron chi connectivity index (χ4n) is 1.09. The molecule has 1 heterocycles. The Morgan fingerprint density at radius 2 is 2.06 bits per heavy atom. The van der Waals surface area contributed by atoms with Crippen molar-refractivity contribution in [1.82, 2.24) is 15.0 Å². The third-order valence-corrected chi connectivity index (χ3v) is 1.91. The molecule has 0 saturated heterocycles. The average Bonchev–Trinajstić information content (AvgIpc) is 2.22. The number of nitrogens with zero attached hydrogens (tertiary/aromatic N) is 3. The van der Waals surface area contributed by atoms with Gasteiger partial charge >= 0.3 is 6.01 Å². The van der Waals surface area contributed by atoms with Crippen molar-refractivity contribution >= 4 is 17.5 Å². The summed E-state index contributed by atoms with van der Waals surface area (Å²) in [5.74, 6) is 0.414. The van der Waals surface area contributed by atoms with Crippen LogP contribution in [0.15, 0.2) is 0 Å². The van der Waals surface area contributed by atoms with Gasteiger partial charge in [0.25, 0.3) is 0 Å². The molecule has 17 heavy (non-hydrogen) atoms. The molecule has 0 aliphatic carbocycles. The normalized spacial score (nSPS) is 10.6. The van der Waals surface area contributed by atoms with Crippen molar-refractivity contribution in [1.29, 1.82) is 0 Å². The maximum absolute atomic E-state index is 5.77. The van der Waals surface area contributed by atoms with Crippen LogP contribution in [-0.2, 0) is 4.74 Å². The Morgan fingerprint density at radius 3 is 2.71 bits per heavy atom. The van der Waals surface area contributed by atoms with Crippen LogP contribution >= 0.6 is 11.6 Å². The molecule has 0 saturated carbocycles. The Labute approximate surface area is 106 Å². The first kappa shape index (κ1) is 13.9. The zero-order valence-electron chi connectivity index (χ0n) is 10.2.